The minimum absolute atomic E-state index is 0.0727. The highest BCUT2D eigenvalue weighted by Crippen LogP contribution is 2.02. The maximum atomic E-state index is 11.9. The van der Waals surface area contributed by atoms with Crippen molar-refractivity contribution in [3.05, 3.63) is 60.8 Å². The summed E-state index contributed by atoms with van der Waals surface area (Å²) in [6.07, 6.45) is 29.2. The molecule has 0 aromatic carbocycles. The van der Waals surface area contributed by atoms with Crippen molar-refractivity contribution >= 4 is 23.6 Å². The van der Waals surface area contributed by atoms with Crippen LogP contribution < -0.4 is 5.32 Å². The molecular weight excluding hydrogens is 456 g/mol. The van der Waals surface area contributed by atoms with Crippen LogP contribution in [0.25, 0.3) is 0 Å². The molecule has 0 saturated heterocycles. The number of quaternary nitrogens is 1. The molecule has 0 saturated carbocycles. The summed E-state index contributed by atoms with van der Waals surface area (Å²) in [4.78, 5) is 23.5. The van der Waals surface area contributed by atoms with Crippen molar-refractivity contribution < 1.29 is 18.8 Å². The third kappa shape index (κ3) is 28.1. The standard InChI is InChI=1S/C29H48N2O3S/c1-5-6-7-8-9-10-11-12-13-14-15-16-17-18-19-20-21-22-28(32)30-23-26-35-27-29(33)34-25-24-31(2,3)4/h6-7,9-10,12-13,15-16,18-19H,5,8,11,14,17,20-27H2,1-4H3/p+1. The largest absolute Gasteiger partial charge is 0.459 e. The van der Waals surface area contributed by atoms with E-state index in [1.807, 2.05) is 0 Å². The molecule has 0 aromatic heterocycles. The zero-order chi connectivity index (χ0) is 26.0. The van der Waals surface area contributed by atoms with Gasteiger partial charge in [-0.05, 0) is 44.9 Å². The second kappa shape index (κ2) is 23.7. The molecule has 0 rings (SSSR count). The summed E-state index contributed by atoms with van der Waals surface area (Å²) in [5, 5.41) is 2.91. The van der Waals surface area contributed by atoms with Crippen molar-refractivity contribution in [1.82, 2.24) is 5.32 Å². The van der Waals surface area contributed by atoms with Gasteiger partial charge in [0.2, 0.25) is 5.91 Å². The van der Waals surface area contributed by atoms with E-state index < -0.39 is 0 Å². The Bertz CT molecular complexity index is 689. The van der Waals surface area contributed by atoms with E-state index in [-0.39, 0.29) is 11.9 Å². The molecule has 0 atom stereocenters. The molecule has 0 bridgehead atoms. The van der Waals surface area contributed by atoms with Crippen LogP contribution in [0, 0.1) is 0 Å². The average molecular weight is 506 g/mol. The molecule has 0 aliphatic rings. The number of allylic oxidation sites excluding steroid dienone is 10. The van der Waals surface area contributed by atoms with Gasteiger partial charge in [0.15, 0.2) is 0 Å². The number of ether oxygens (including phenoxy) is 1. The van der Waals surface area contributed by atoms with E-state index in [1.54, 1.807) is 0 Å². The second-order valence-electron chi connectivity index (χ2n) is 9.24. The van der Waals surface area contributed by atoms with Gasteiger partial charge in [0.1, 0.15) is 13.2 Å². The molecule has 0 heterocycles. The Hall–Kier alpha value is -2.05. The fraction of sp³-hybridized carbons (Fsp3) is 0.586. The first-order valence-corrected chi connectivity index (χ1v) is 14.1. The number of unbranched alkanes of at least 4 members (excludes halogenated alkanes) is 1. The SMILES string of the molecule is CCC=CCC=CCC=CCC=CCC=CCCCC(=O)NCCSCC(=O)OCC[N+](C)(C)C. The average Bonchev–Trinajstić information content (AvgIpc) is 2.80. The first kappa shape index (κ1) is 33.0. The van der Waals surface area contributed by atoms with E-state index >= 15 is 0 Å². The summed E-state index contributed by atoms with van der Waals surface area (Å²) >= 11 is 1.49. The molecule has 0 aliphatic carbocycles. The van der Waals surface area contributed by atoms with E-state index in [4.69, 9.17) is 4.74 Å². The van der Waals surface area contributed by atoms with Crippen LogP contribution in [0.3, 0.4) is 0 Å². The number of hydrogen-bond donors (Lipinski definition) is 1. The molecule has 0 spiro atoms. The summed E-state index contributed by atoms with van der Waals surface area (Å²) < 4.78 is 5.98. The Labute approximate surface area is 219 Å². The fourth-order valence-electron chi connectivity index (χ4n) is 2.73. The summed E-state index contributed by atoms with van der Waals surface area (Å²) in [5.41, 5.74) is 0. The topological polar surface area (TPSA) is 55.4 Å². The number of amides is 1. The number of carbonyl (C=O) groups is 2. The van der Waals surface area contributed by atoms with E-state index in [2.05, 4.69) is 94.1 Å². The van der Waals surface area contributed by atoms with Crippen molar-refractivity contribution in [2.45, 2.75) is 58.3 Å². The van der Waals surface area contributed by atoms with Gasteiger partial charge in [-0.1, -0.05) is 67.7 Å². The van der Waals surface area contributed by atoms with Crippen LogP contribution in [0.1, 0.15) is 58.3 Å². The van der Waals surface area contributed by atoms with Crippen LogP contribution in [0.5, 0.6) is 0 Å². The molecule has 0 radical (unpaired) electrons. The van der Waals surface area contributed by atoms with Gasteiger partial charge in [-0.25, -0.2) is 0 Å². The van der Waals surface area contributed by atoms with E-state index in [0.717, 1.165) is 56.0 Å². The van der Waals surface area contributed by atoms with E-state index in [9.17, 15) is 9.59 Å². The van der Waals surface area contributed by atoms with Gasteiger partial charge in [-0.2, -0.15) is 0 Å². The predicted octanol–water partition coefficient (Wildman–Crippen LogP) is 6.01. The first-order chi connectivity index (χ1) is 16.8. The quantitative estimate of drug-likeness (QED) is 0.0899. The van der Waals surface area contributed by atoms with Crippen LogP contribution in [0.15, 0.2) is 60.8 Å². The normalized spacial score (nSPS) is 12.7. The van der Waals surface area contributed by atoms with Gasteiger partial charge in [0, 0.05) is 18.7 Å². The van der Waals surface area contributed by atoms with Crippen LogP contribution in [0.2, 0.25) is 0 Å². The van der Waals surface area contributed by atoms with Crippen LogP contribution in [-0.4, -0.2) is 68.7 Å². The van der Waals surface area contributed by atoms with Crippen LogP contribution in [0.4, 0.5) is 0 Å². The minimum Gasteiger partial charge on any atom is -0.459 e. The van der Waals surface area contributed by atoms with Crippen molar-refractivity contribution in [2.75, 3.05) is 52.3 Å². The van der Waals surface area contributed by atoms with Crippen molar-refractivity contribution in [2.24, 2.45) is 0 Å². The number of likely N-dealkylation sites (N-methyl/N-ethyl adjacent to an activating group) is 1. The monoisotopic (exact) mass is 505 g/mol. The highest BCUT2D eigenvalue weighted by Gasteiger charge is 2.09. The smallest absolute Gasteiger partial charge is 0.316 e. The lowest BCUT2D eigenvalue weighted by molar-refractivity contribution is -0.870. The molecule has 198 valence electrons. The van der Waals surface area contributed by atoms with Gasteiger partial charge in [-0.3, -0.25) is 9.59 Å². The third-order valence-corrected chi connectivity index (χ3v) is 5.68. The second-order valence-corrected chi connectivity index (χ2v) is 10.3. The summed E-state index contributed by atoms with van der Waals surface area (Å²) in [6.45, 7) is 3.97. The Kier molecular flexibility index (Phi) is 22.3. The Morgan fingerprint density at radius 2 is 1.37 bits per heavy atom. The Balaban J connectivity index is 3.55. The zero-order valence-corrected chi connectivity index (χ0v) is 23.4. The van der Waals surface area contributed by atoms with Gasteiger partial charge in [0.05, 0.1) is 26.9 Å². The molecule has 6 heteroatoms. The van der Waals surface area contributed by atoms with Crippen molar-refractivity contribution in [3.63, 3.8) is 0 Å². The molecule has 35 heavy (non-hydrogen) atoms. The molecule has 1 N–H and O–H groups in total. The van der Waals surface area contributed by atoms with Crippen molar-refractivity contribution in [3.8, 4) is 0 Å². The number of hydrogen-bond acceptors (Lipinski definition) is 4. The molecule has 5 nitrogen and oxygen atoms in total. The molecular formula is C29H49N2O3S+. The van der Waals surface area contributed by atoms with Gasteiger partial charge in [0.25, 0.3) is 0 Å². The predicted molar refractivity (Wildman–Crippen MR) is 153 cm³/mol. The third-order valence-electron chi connectivity index (χ3n) is 4.75. The summed E-state index contributed by atoms with van der Waals surface area (Å²) in [7, 11) is 6.19. The van der Waals surface area contributed by atoms with Crippen LogP contribution in [-0.2, 0) is 14.3 Å². The lowest BCUT2D eigenvalue weighted by Gasteiger charge is -2.23. The van der Waals surface area contributed by atoms with Gasteiger partial charge < -0.3 is 14.5 Å². The Morgan fingerprint density at radius 1 is 0.829 bits per heavy atom. The summed E-state index contributed by atoms with van der Waals surface area (Å²) in [6, 6.07) is 0. The molecule has 0 unspecified atom stereocenters. The maximum Gasteiger partial charge on any atom is 0.316 e. The minimum atomic E-state index is -0.188. The lowest BCUT2D eigenvalue weighted by atomic mass is 10.2. The molecule has 1 amide bonds. The van der Waals surface area contributed by atoms with E-state index in [1.165, 1.54) is 11.8 Å². The Morgan fingerprint density at radius 3 is 1.91 bits per heavy atom. The number of nitrogens with one attached hydrogen (secondary N) is 1. The fourth-order valence-corrected chi connectivity index (χ4v) is 3.37. The first-order valence-electron chi connectivity index (χ1n) is 12.9. The number of thioether (sulfide) groups is 1. The number of nitrogens with zero attached hydrogens (tertiary/aromatic N) is 1. The zero-order valence-electron chi connectivity index (χ0n) is 22.5. The van der Waals surface area contributed by atoms with Crippen LogP contribution >= 0.6 is 11.8 Å². The van der Waals surface area contributed by atoms with Gasteiger partial charge >= 0.3 is 5.97 Å². The molecule has 0 aromatic rings. The van der Waals surface area contributed by atoms with Crippen molar-refractivity contribution in [1.29, 1.82) is 0 Å². The highest BCUT2D eigenvalue weighted by atomic mass is 32.2. The molecule has 0 fully saturated rings. The summed E-state index contributed by atoms with van der Waals surface area (Å²) in [5.74, 6) is 0.928. The highest BCUT2D eigenvalue weighted by molar-refractivity contribution is 7.99. The number of rotatable bonds is 21. The van der Waals surface area contributed by atoms with Gasteiger partial charge in [-0.15, -0.1) is 11.8 Å². The number of carbonyl (C=O) groups excluding carboxylic acids is 2. The van der Waals surface area contributed by atoms with E-state index in [0.29, 0.717) is 31.1 Å². The molecule has 0 aliphatic heterocycles. The number of esters is 1. The lowest BCUT2D eigenvalue weighted by Crippen LogP contribution is -2.38. The maximum absolute atomic E-state index is 11.9.